The van der Waals surface area contributed by atoms with Gasteiger partial charge in [-0.25, -0.2) is 4.98 Å². The second kappa shape index (κ2) is 9.20. The Kier molecular flexibility index (Phi) is 5.98. The van der Waals surface area contributed by atoms with Crippen LogP contribution in [0.2, 0.25) is 0 Å². The van der Waals surface area contributed by atoms with Crippen molar-refractivity contribution in [2.75, 3.05) is 26.2 Å². The van der Waals surface area contributed by atoms with Crippen molar-refractivity contribution in [1.29, 1.82) is 0 Å². The molecule has 1 saturated heterocycles. The highest BCUT2D eigenvalue weighted by atomic mass is 32.1. The van der Waals surface area contributed by atoms with Gasteiger partial charge in [-0.15, -0.1) is 11.3 Å². The van der Waals surface area contributed by atoms with E-state index in [0.29, 0.717) is 12.0 Å². The van der Waals surface area contributed by atoms with Crippen LogP contribution in [0.25, 0.3) is 10.5 Å². The summed E-state index contributed by atoms with van der Waals surface area (Å²) in [5, 5.41) is 8.66. The average molecular weight is 447 g/mol. The summed E-state index contributed by atoms with van der Waals surface area (Å²) in [5.41, 5.74) is 5.45. The smallest absolute Gasteiger partial charge is 0.257 e. The molecule has 7 nitrogen and oxygen atoms in total. The molecule has 1 aliphatic heterocycles. The monoisotopic (exact) mass is 446 g/mol. The minimum atomic E-state index is -0.138. The number of hydrogen-bond donors (Lipinski definition) is 2. The molecule has 2 aliphatic rings. The van der Waals surface area contributed by atoms with Crippen LogP contribution in [0.4, 0.5) is 0 Å². The van der Waals surface area contributed by atoms with Crippen LogP contribution < -0.4 is 10.6 Å². The molecular weight excluding hydrogens is 420 g/mol. The molecule has 3 aromatic heterocycles. The van der Waals surface area contributed by atoms with Crippen molar-refractivity contribution in [3.8, 4) is 0 Å². The van der Waals surface area contributed by atoms with Crippen molar-refractivity contribution in [2.24, 2.45) is 0 Å². The summed E-state index contributed by atoms with van der Waals surface area (Å²) in [6.45, 7) is 7.00. The van der Waals surface area contributed by atoms with Gasteiger partial charge in [0.1, 0.15) is 0 Å². The van der Waals surface area contributed by atoms with E-state index in [-0.39, 0.29) is 5.91 Å². The topological polar surface area (TPSA) is 74.6 Å². The Labute approximate surface area is 191 Å². The number of pyridine rings is 1. The van der Waals surface area contributed by atoms with E-state index in [9.17, 15) is 4.79 Å². The first-order valence-corrected chi connectivity index (χ1v) is 11.7. The number of aromatic nitrogens is 3. The number of nitrogens with one attached hydrogen (secondary N) is 2. The number of hydrogen-bond acceptors (Lipinski definition) is 6. The zero-order chi connectivity index (χ0) is 21.9. The van der Waals surface area contributed by atoms with Crippen LogP contribution >= 0.6 is 11.3 Å². The van der Waals surface area contributed by atoms with Crippen LogP contribution in [0, 0.1) is 6.92 Å². The van der Waals surface area contributed by atoms with Crippen LogP contribution in [0.1, 0.15) is 33.9 Å². The van der Waals surface area contributed by atoms with Gasteiger partial charge in [0.05, 0.1) is 11.3 Å². The molecule has 2 N–H and O–H groups in total. The molecule has 32 heavy (non-hydrogen) atoms. The van der Waals surface area contributed by atoms with Gasteiger partial charge < -0.3 is 10.6 Å². The Bertz CT molecular complexity index is 1230. The molecule has 8 heteroatoms. The molecule has 5 rings (SSSR count). The Morgan fingerprint density at radius 3 is 2.94 bits per heavy atom. The van der Waals surface area contributed by atoms with Gasteiger partial charge in [0.2, 0.25) is 0 Å². The lowest BCUT2D eigenvalue weighted by Gasteiger charge is -2.26. The molecule has 0 radical (unpaired) electrons. The molecule has 1 fully saturated rings. The van der Waals surface area contributed by atoms with E-state index >= 15 is 0 Å². The first kappa shape index (κ1) is 20.8. The van der Waals surface area contributed by atoms with E-state index in [4.69, 9.17) is 4.98 Å². The number of carbonyl (C=O) groups excluding carboxylic acids is 1. The fourth-order valence-electron chi connectivity index (χ4n) is 4.06. The summed E-state index contributed by atoms with van der Waals surface area (Å²) in [6, 6.07) is 3.58. The molecule has 0 bridgehead atoms. The quantitative estimate of drug-likeness (QED) is 0.630. The molecule has 4 heterocycles. The van der Waals surface area contributed by atoms with Crippen LogP contribution in [-0.4, -0.2) is 51.4 Å². The summed E-state index contributed by atoms with van der Waals surface area (Å²) in [5.74, 6) is -0.138. The summed E-state index contributed by atoms with van der Waals surface area (Å²) >= 11 is 1.68. The van der Waals surface area contributed by atoms with Gasteiger partial charge in [0.25, 0.3) is 5.91 Å². The van der Waals surface area contributed by atoms with Crippen molar-refractivity contribution < 1.29 is 4.79 Å². The Morgan fingerprint density at radius 1 is 1.25 bits per heavy atom. The maximum absolute atomic E-state index is 12.8. The van der Waals surface area contributed by atoms with Gasteiger partial charge in [0.15, 0.2) is 4.96 Å². The van der Waals surface area contributed by atoms with Crippen molar-refractivity contribution in [3.63, 3.8) is 0 Å². The van der Waals surface area contributed by atoms with Crippen LogP contribution in [-0.2, 0) is 6.54 Å². The van der Waals surface area contributed by atoms with Gasteiger partial charge in [-0.2, -0.15) is 0 Å². The van der Waals surface area contributed by atoms with Gasteiger partial charge in [0, 0.05) is 74.0 Å². The normalized spacial score (nSPS) is 17.2. The Morgan fingerprint density at radius 2 is 2.09 bits per heavy atom. The number of imidazole rings is 1. The molecule has 0 spiro atoms. The zero-order valence-corrected chi connectivity index (χ0v) is 18.9. The molecule has 164 valence electrons. The third-order valence-electron chi connectivity index (χ3n) is 5.82. The van der Waals surface area contributed by atoms with Crippen molar-refractivity contribution in [2.45, 2.75) is 19.9 Å². The molecule has 0 atom stereocenters. The van der Waals surface area contributed by atoms with Gasteiger partial charge >= 0.3 is 0 Å². The van der Waals surface area contributed by atoms with E-state index < -0.39 is 0 Å². The summed E-state index contributed by atoms with van der Waals surface area (Å²) in [7, 11) is 0. The van der Waals surface area contributed by atoms with Gasteiger partial charge in [-0.05, 0) is 30.7 Å². The standard InChI is InChI=1S/C24H26N6OS/c1-17-21(7-4-8-26-17)23(31)27-19-6-3-2-5-18(13-19)22-15-30-20(16-32-24(30)28-22)14-29-11-9-25-10-12-29/h2-8,15-16,25H,9-14H2,1H3,(H,27,31). The van der Waals surface area contributed by atoms with E-state index in [2.05, 4.69) is 42.6 Å². The second-order valence-electron chi connectivity index (χ2n) is 8.07. The SMILES string of the molecule is Cc1ncccc1C(=O)NC1=CC=CC=C(c2cn3c(CN4CCNCC4)csc3n2)C1. The molecule has 3 aromatic rings. The molecule has 0 saturated carbocycles. The minimum Gasteiger partial charge on any atom is -0.325 e. The van der Waals surface area contributed by atoms with Crippen LogP contribution in [0.15, 0.2) is 59.9 Å². The maximum atomic E-state index is 12.8. The number of allylic oxidation sites excluding steroid dienone is 5. The zero-order valence-electron chi connectivity index (χ0n) is 18.0. The average Bonchev–Trinajstić information content (AvgIpc) is 3.30. The van der Waals surface area contributed by atoms with Gasteiger partial charge in [-0.3, -0.25) is 19.1 Å². The summed E-state index contributed by atoms with van der Waals surface area (Å²) in [6.07, 6.45) is 12.4. The highest BCUT2D eigenvalue weighted by Crippen LogP contribution is 2.27. The van der Waals surface area contributed by atoms with Crippen LogP contribution in [0.5, 0.6) is 0 Å². The number of thiazole rings is 1. The Balaban J connectivity index is 1.33. The van der Waals surface area contributed by atoms with Crippen molar-refractivity contribution >= 4 is 27.8 Å². The fourth-order valence-corrected chi connectivity index (χ4v) is 4.93. The number of nitrogens with zero attached hydrogens (tertiary/aromatic N) is 4. The maximum Gasteiger partial charge on any atom is 0.257 e. The number of fused-ring (bicyclic) bond motifs is 1. The van der Waals surface area contributed by atoms with E-state index in [1.165, 1.54) is 5.69 Å². The number of rotatable bonds is 5. The predicted octanol–water partition coefficient (Wildman–Crippen LogP) is 3.16. The van der Waals surface area contributed by atoms with E-state index in [0.717, 1.165) is 60.3 Å². The molecule has 0 aromatic carbocycles. The van der Waals surface area contributed by atoms with Crippen LogP contribution in [0.3, 0.4) is 0 Å². The molecule has 0 unspecified atom stereocenters. The number of amides is 1. The number of aryl methyl sites for hydroxylation is 1. The first-order chi connectivity index (χ1) is 15.7. The first-order valence-electron chi connectivity index (χ1n) is 10.9. The molecule has 1 amide bonds. The minimum absolute atomic E-state index is 0.138. The second-order valence-corrected chi connectivity index (χ2v) is 8.90. The summed E-state index contributed by atoms with van der Waals surface area (Å²) in [4.78, 5) is 25.3. The highest BCUT2D eigenvalue weighted by molar-refractivity contribution is 7.15. The fraction of sp³-hybridized carbons (Fsp3) is 0.292. The molecule has 1 aliphatic carbocycles. The van der Waals surface area contributed by atoms with Gasteiger partial charge in [-0.1, -0.05) is 18.2 Å². The highest BCUT2D eigenvalue weighted by Gasteiger charge is 2.18. The van der Waals surface area contributed by atoms with E-state index in [1.807, 2.05) is 25.2 Å². The third-order valence-corrected chi connectivity index (χ3v) is 6.71. The van der Waals surface area contributed by atoms with Crippen molar-refractivity contribution in [1.82, 2.24) is 29.9 Å². The lowest BCUT2D eigenvalue weighted by Crippen LogP contribution is -2.43. The molecular formula is C24H26N6OS. The largest absolute Gasteiger partial charge is 0.325 e. The predicted molar refractivity (Wildman–Crippen MR) is 127 cm³/mol. The third kappa shape index (κ3) is 4.43. The lowest BCUT2D eigenvalue weighted by atomic mass is 10.1. The Hall–Kier alpha value is -3.07. The summed E-state index contributed by atoms with van der Waals surface area (Å²) < 4.78 is 2.21. The number of piperazine rings is 1. The van der Waals surface area contributed by atoms with E-state index in [1.54, 1.807) is 29.7 Å². The van der Waals surface area contributed by atoms with Crippen molar-refractivity contribution in [3.05, 3.63) is 82.6 Å². The lowest BCUT2D eigenvalue weighted by molar-refractivity contribution is 0.0964. The number of carbonyl (C=O) groups is 1.